The number of fused-ring (bicyclic) bond motifs is 9. The van der Waals surface area contributed by atoms with Crippen LogP contribution in [0.1, 0.15) is 25.0 Å². The largest absolute Gasteiger partial charge is 0.454 e. The van der Waals surface area contributed by atoms with Gasteiger partial charge in [-0.3, -0.25) is 0 Å². The lowest BCUT2D eigenvalue weighted by molar-refractivity contribution is 0.660. The smallest absolute Gasteiger partial charge is 0.164 e. The lowest BCUT2D eigenvalue weighted by atomic mass is 9.82. The van der Waals surface area contributed by atoms with E-state index in [2.05, 4.69) is 170 Å². The van der Waals surface area contributed by atoms with Crippen molar-refractivity contribution < 1.29 is 4.42 Å². The van der Waals surface area contributed by atoms with E-state index in [9.17, 15) is 0 Å². The molecule has 12 rings (SSSR count). The third-order valence-electron chi connectivity index (χ3n) is 12.3. The zero-order valence-corrected chi connectivity index (χ0v) is 32.5. The second-order valence-corrected chi connectivity index (χ2v) is 16.0. The van der Waals surface area contributed by atoms with Gasteiger partial charge in [0.2, 0.25) is 0 Å². The van der Waals surface area contributed by atoms with E-state index in [-0.39, 0.29) is 5.41 Å². The zero-order valence-electron chi connectivity index (χ0n) is 32.5. The first-order valence-corrected chi connectivity index (χ1v) is 20.1. The van der Waals surface area contributed by atoms with E-state index < -0.39 is 0 Å². The molecule has 0 saturated heterocycles. The molecule has 5 nitrogen and oxygen atoms in total. The van der Waals surface area contributed by atoms with Gasteiger partial charge < -0.3 is 8.98 Å². The van der Waals surface area contributed by atoms with Gasteiger partial charge in [-0.15, -0.1) is 0 Å². The maximum absolute atomic E-state index is 6.90. The Hall–Kier alpha value is -7.63. The average molecular weight is 757 g/mol. The molecule has 11 aromatic rings. The number of aromatic nitrogens is 4. The Morgan fingerprint density at radius 3 is 1.90 bits per heavy atom. The van der Waals surface area contributed by atoms with E-state index in [1.165, 1.54) is 44.2 Å². The summed E-state index contributed by atoms with van der Waals surface area (Å²) >= 11 is 0. The minimum atomic E-state index is -0.153. The van der Waals surface area contributed by atoms with Gasteiger partial charge in [-0.1, -0.05) is 159 Å². The van der Waals surface area contributed by atoms with Crippen LogP contribution in [0, 0.1) is 0 Å². The van der Waals surface area contributed by atoms with Crippen molar-refractivity contribution in [2.24, 2.45) is 0 Å². The van der Waals surface area contributed by atoms with E-state index in [0.29, 0.717) is 17.5 Å². The molecule has 0 aliphatic heterocycles. The molecular weight excluding hydrogens is 721 g/mol. The predicted molar refractivity (Wildman–Crippen MR) is 241 cm³/mol. The minimum Gasteiger partial charge on any atom is -0.454 e. The second kappa shape index (κ2) is 12.7. The van der Waals surface area contributed by atoms with Gasteiger partial charge >= 0.3 is 0 Å². The van der Waals surface area contributed by atoms with Crippen LogP contribution < -0.4 is 0 Å². The number of furan rings is 1. The van der Waals surface area contributed by atoms with Gasteiger partial charge in [-0.25, -0.2) is 15.0 Å². The van der Waals surface area contributed by atoms with Crippen molar-refractivity contribution in [3.8, 4) is 62.1 Å². The van der Waals surface area contributed by atoms with Crippen LogP contribution in [0.2, 0.25) is 0 Å². The van der Waals surface area contributed by atoms with Crippen LogP contribution in [0.15, 0.2) is 186 Å². The van der Waals surface area contributed by atoms with Crippen molar-refractivity contribution in [3.05, 3.63) is 193 Å². The van der Waals surface area contributed by atoms with E-state index in [1.807, 2.05) is 30.3 Å². The molecular formula is C54H36N4O. The first-order chi connectivity index (χ1) is 29.0. The van der Waals surface area contributed by atoms with Crippen molar-refractivity contribution in [1.29, 1.82) is 0 Å². The summed E-state index contributed by atoms with van der Waals surface area (Å²) in [7, 11) is 0. The van der Waals surface area contributed by atoms with Gasteiger partial charge in [-0.2, -0.15) is 0 Å². The molecule has 1 aliphatic rings. The van der Waals surface area contributed by atoms with Crippen LogP contribution in [0.5, 0.6) is 0 Å². The number of hydrogen-bond donors (Lipinski definition) is 0. The molecule has 0 radical (unpaired) electrons. The van der Waals surface area contributed by atoms with Gasteiger partial charge in [0.05, 0.1) is 16.7 Å². The van der Waals surface area contributed by atoms with E-state index in [4.69, 9.17) is 19.4 Å². The topological polar surface area (TPSA) is 56.7 Å². The van der Waals surface area contributed by atoms with Crippen molar-refractivity contribution in [3.63, 3.8) is 0 Å². The summed E-state index contributed by atoms with van der Waals surface area (Å²) in [5.74, 6) is 1.86. The molecule has 5 heteroatoms. The van der Waals surface area contributed by atoms with Crippen LogP contribution in [0.3, 0.4) is 0 Å². The maximum Gasteiger partial charge on any atom is 0.164 e. The highest BCUT2D eigenvalue weighted by atomic mass is 16.3. The Balaban J connectivity index is 1.06. The van der Waals surface area contributed by atoms with Gasteiger partial charge in [0.1, 0.15) is 5.58 Å². The summed E-state index contributed by atoms with van der Waals surface area (Å²) in [6, 6.07) is 64.1. The Labute approximate surface area is 340 Å². The molecule has 0 bridgehead atoms. The normalized spacial score (nSPS) is 13.1. The van der Waals surface area contributed by atoms with Crippen LogP contribution >= 0.6 is 0 Å². The molecule has 0 spiro atoms. The van der Waals surface area contributed by atoms with Gasteiger partial charge in [0.15, 0.2) is 23.1 Å². The lowest BCUT2D eigenvalue weighted by Gasteiger charge is -2.21. The summed E-state index contributed by atoms with van der Waals surface area (Å²) in [5.41, 5.74) is 15.0. The lowest BCUT2D eigenvalue weighted by Crippen LogP contribution is -2.15. The molecule has 0 amide bonds. The maximum atomic E-state index is 6.90. The Morgan fingerprint density at radius 2 is 1.05 bits per heavy atom. The highest BCUT2D eigenvalue weighted by Crippen LogP contribution is 2.49. The fraction of sp³-hybridized carbons (Fsp3) is 0.0556. The van der Waals surface area contributed by atoms with Crippen molar-refractivity contribution >= 4 is 43.7 Å². The molecule has 3 heterocycles. The van der Waals surface area contributed by atoms with Crippen molar-refractivity contribution in [1.82, 2.24) is 19.5 Å². The summed E-state index contributed by atoms with van der Waals surface area (Å²) in [5, 5.41) is 4.36. The number of para-hydroxylation sites is 2. The molecule has 0 saturated carbocycles. The first-order valence-electron chi connectivity index (χ1n) is 20.1. The monoisotopic (exact) mass is 756 g/mol. The Kier molecular flexibility index (Phi) is 7.20. The summed E-state index contributed by atoms with van der Waals surface area (Å²) < 4.78 is 9.24. The number of rotatable bonds is 5. The summed E-state index contributed by atoms with van der Waals surface area (Å²) in [6.45, 7) is 4.60. The predicted octanol–water partition coefficient (Wildman–Crippen LogP) is 13.8. The summed E-state index contributed by atoms with van der Waals surface area (Å²) in [6.07, 6.45) is 0. The number of hydrogen-bond acceptors (Lipinski definition) is 4. The molecule has 3 aromatic heterocycles. The van der Waals surface area contributed by atoms with Gasteiger partial charge in [0.25, 0.3) is 0 Å². The molecule has 0 atom stereocenters. The van der Waals surface area contributed by atoms with Crippen LogP contribution in [0.4, 0.5) is 0 Å². The fourth-order valence-corrected chi connectivity index (χ4v) is 9.42. The van der Waals surface area contributed by atoms with Crippen molar-refractivity contribution in [2.75, 3.05) is 0 Å². The number of benzene rings is 8. The second-order valence-electron chi connectivity index (χ2n) is 16.0. The third kappa shape index (κ3) is 5.08. The zero-order chi connectivity index (χ0) is 39.2. The highest BCUT2D eigenvalue weighted by molar-refractivity contribution is 6.16. The van der Waals surface area contributed by atoms with E-state index in [1.54, 1.807) is 0 Å². The molecule has 1 aliphatic carbocycles. The standard InChI is InChI=1S/C54H36N4O/c1-54(2)43-23-11-9-19-37(43)38-29-27-36(32-44(38)54)52-55-51(34-17-7-4-8-18-34)56-53(57-52)41-22-14-26-48-49(41)40-21-13-25-47(50(40)59-48)58-45-24-12-10-20-39(45)42-31-35(28-30-46(42)58)33-15-5-3-6-16-33/h3-32H,1-2H3. The SMILES string of the molecule is CC1(C)c2ccccc2-c2ccc(-c3nc(-c4ccccc4)nc(-c4cccc5oc6c(-n7c8ccccc8c8cc(-c9ccccc9)ccc87)cccc6c45)n3)cc21. The Morgan fingerprint density at radius 1 is 0.424 bits per heavy atom. The minimum absolute atomic E-state index is 0.153. The molecule has 0 fully saturated rings. The molecule has 0 unspecified atom stereocenters. The third-order valence-corrected chi connectivity index (χ3v) is 12.3. The Bertz CT molecular complexity index is 3470. The average Bonchev–Trinajstić information content (AvgIpc) is 3.92. The highest BCUT2D eigenvalue weighted by Gasteiger charge is 2.35. The molecule has 0 N–H and O–H groups in total. The van der Waals surface area contributed by atoms with Crippen LogP contribution in [0.25, 0.3) is 106 Å². The first kappa shape index (κ1) is 33.5. The number of nitrogens with zero attached hydrogens (tertiary/aromatic N) is 4. The van der Waals surface area contributed by atoms with Crippen molar-refractivity contribution in [2.45, 2.75) is 19.3 Å². The quantitative estimate of drug-likeness (QED) is 0.175. The van der Waals surface area contributed by atoms with Crippen LogP contribution in [-0.2, 0) is 5.41 Å². The van der Waals surface area contributed by atoms with E-state index >= 15 is 0 Å². The molecule has 278 valence electrons. The molecule has 59 heavy (non-hydrogen) atoms. The van der Waals surface area contributed by atoms with Gasteiger partial charge in [-0.05, 0) is 69.8 Å². The fourth-order valence-electron chi connectivity index (χ4n) is 9.42. The van der Waals surface area contributed by atoms with Crippen LogP contribution in [-0.4, -0.2) is 19.5 Å². The molecule has 8 aromatic carbocycles. The van der Waals surface area contributed by atoms with E-state index in [0.717, 1.165) is 55.3 Å². The summed E-state index contributed by atoms with van der Waals surface area (Å²) in [4.78, 5) is 15.6. The van der Waals surface area contributed by atoms with Gasteiger partial charge in [0, 0.05) is 43.7 Å².